The average Bonchev–Trinajstić information content (AvgIpc) is 2.61. The molecule has 0 saturated heterocycles. The molecule has 0 aliphatic heterocycles. The highest BCUT2D eigenvalue weighted by molar-refractivity contribution is 7.89. The number of carbonyl (C=O) groups excluding carboxylic acids is 1. The Labute approximate surface area is 142 Å². The second-order valence-corrected chi connectivity index (χ2v) is 7.68. The first kappa shape index (κ1) is 18.7. The number of carbonyl (C=O) groups is 1. The lowest BCUT2D eigenvalue weighted by Gasteiger charge is -2.23. The zero-order valence-corrected chi connectivity index (χ0v) is 15.1. The van der Waals surface area contributed by atoms with E-state index in [9.17, 15) is 13.2 Å². The number of amides is 1. The van der Waals surface area contributed by atoms with E-state index >= 15 is 0 Å². The summed E-state index contributed by atoms with van der Waals surface area (Å²) in [6.07, 6.45) is 5.32. The van der Waals surface area contributed by atoms with Gasteiger partial charge in [0.1, 0.15) is 10.6 Å². The molecule has 0 aromatic heterocycles. The van der Waals surface area contributed by atoms with Crippen molar-refractivity contribution in [2.24, 2.45) is 0 Å². The predicted molar refractivity (Wildman–Crippen MR) is 89.3 cm³/mol. The van der Waals surface area contributed by atoms with Crippen LogP contribution < -0.4 is 10.1 Å². The summed E-state index contributed by atoms with van der Waals surface area (Å²) >= 11 is 0. The maximum absolute atomic E-state index is 12.5. The third-order valence-electron chi connectivity index (χ3n) is 4.24. The van der Waals surface area contributed by atoms with Crippen LogP contribution in [-0.2, 0) is 14.9 Å². The molecule has 1 amide bonds. The topological polar surface area (TPSA) is 84.9 Å². The van der Waals surface area contributed by atoms with Crippen LogP contribution in [0, 0.1) is 0 Å². The number of rotatable bonds is 6. The number of benzene rings is 1. The van der Waals surface area contributed by atoms with E-state index in [2.05, 4.69) is 5.32 Å². The van der Waals surface area contributed by atoms with Crippen molar-refractivity contribution >= 4 is 15.9 Å². The second-order valence-electron chi connectivity index (χ2n) is 5.77. The first-order valence-corrected chi connectivity index (χ1v) is 9.36. The lowest BCUT2D eigenvalue weighted by atomic mass is 9.95. The third-order valence-corrected chi connectivity index (χ3v) is 5.94. The molecule has 1 aliphatic rings. The molecule has 0 bridgehead atoms. The molecular weight excluding hydrogens is 332 g/mol. The number of hydrogen-bond acceptors (Lipinski definition) is 5. The average molecular weight is 356 g/mol. The zero-order valence-electron chi connectivity index (χ0n) is 14.2. The monoisotopic (exact) mass is 356 g/mol. The van der Waals surface area contributed by atoms with Crippen LogP contribution in [0.5, 0.6) is 5.75 Å². The van der Waals surface area contributed by atoms with Gasteiger partial charge in [0, 0.05) is 18.7 Å². The smallest absolute Gasteiger partial charge is 0.268 e. The summed E-state index contributed by atoms with van der Waals surface area (Å²) in [6.45, 7) is 0. The first-order valence-electron chi connectivity index (χ1n) is 7.92. The quantitative estimate of drug-likeness (QED) is 0.788. The number of sulfonamides is 1. The molecule has 1 aromatic rings. The van der Waals surface area contributed by atoms with Gasteiger partial charge in [0.2, 0.25) is 0 Å². The molecule has 24 heavy (non-hydrogen) atoms. The van der Waals surface area contributed by atoms with E-state index < -0.39 is 10.0 Å². The van der Waals surface area contributed by atoms with Crippen molar-refractivity contribution in [3.8, 4) is 5.75 Å². The standard InChI is InChI=1S/C16H24N2O5S/c1-18(23-3)24(20,21)15-11-12(9-10-14(15)22-2)16(19)17-13-7-5-4-6-8-13/h9-11,13H,4-8H2,1-3H3,(H,17,19). The molecule has 1 aromatic carbocycles. The molecule has 1 aliphatic carbocycles. The SMILES string of the molecule is COc1ccc(C(=O)NC2CCCCC2)cc1S(=O)(=O)N(C)OC. The van der Waals surface area contributed by atoms with Crippen molar-refractivity contribution < 1.29 is 22.8 Å². The van der Waals surface area contributed by atoms with Crippen molar-refractivity contribution in [1.82, 2.24) is 9.79 Å². The van der Waals surface area contributed by atoms with Crippen LogP contribution in [0.2, 0.25) is 0 Å². The maximum Gasteiger partial charge on any atom is 0.268 e. The van der Waals surface area contributed by atoms with E-state index in [1.165, 1.54) is 39.8 Å². The molecule has 134 valence electrons. The van der Waals surface area contributed by atoms with E-state index in [0.29, 0.717) is 0 Å². The van der Waals surface area contributed by atoms with Crippen molar-refractivity contribution in [3.05, 3.63) is 23.8 Å². The maximum atomic E-state index is 12.5. The largest absolute Gasteiger partial charge is 0.495 e. The number of methoxy groups -OCH3 is 1. The molecule has 1 saturated carbocycles. The van der Waals surface area contributed by atoms with Crippen molar-refractivity contribution in [2.75, 3.05) is 21.3 Å². The van der Waals surface area contributed by atoms with Gasteiger partial charge in [-0.25, -0.2) is 8.42 Å². The second kappa shape index (κ2) is 7.96. The van der Waals surface area contributed by atoms with Crippen molar-refractivity contribution in [2.45, 2.75) is 43.0 Å². The summed E-state index contributed by atoms with van der Waals surface area (Å²) in [5.74, 6) is -0.116. The Kier molecular flexibility index (Phi) is 6.20. The molecular formula is C16H24N2O5S. The molecule has 1 N–H and O–H groups in total. The lowest BCUT2D eigenvalue weighted by molar-refractivity contribution is -0.0259. The molecule has 0 heterocycles. The third kappa shape index (κ3) is 4.06. The van der Waals surface area contributed by atoms with Gasteiger partial charge in [-0.05, 0) is 31.0 Å². The van der Waals surface area contributed by atoms with Crippen LogP contribution in [0.4, 0.5) is 0 Å². The highest BCUT2D eigenvalue weighted by Gasteiger charge is 2.27. The minimum atomic E-state index is -3.91. The number of hydroxylamine groups is 1. The Balaban J connectivity index is 2.29. The molecule has 8 heteroatoms. The predicted octanol–water partition coefficient (Wildman–Crippen LogP) is 1.94. The first-order chi connectivity index (χ1) is 11.4. The summed E-state index contributed by atoms with van der Waals surface area (Å²) in [4.78, 5) is 17.1. The Morgan fingerprint density at radius 2 is 1.88 bits per heavy atom. The van der Waals surface area contributed by atoms with Gasteiger partial charge in [-0.3, -0.25) is 9.63 Å². The Hall–Kier alpha value is -1.64. The fourth-order valence-electron chi connectivity index (χ4n) is 2.77. The van der Waals surface area contributed by atoms with Crippen LogP contribution >= 0.6 is 0 Å². The van der Waals surface area contributed by atoms with E-state index in [-0.39, 0.29) is 28.2 Å². The van der Waals surface area contributed by atoms with Gasteiger partial charge in [0.05, 0.1) is 14.2 Å². The molecule has 7 nitrogen and oxygen atoms in total. The van der Waals surface area contributed by atoms with Crippen LogP contribution in [0.25, 0.3) is 0 Å². The number of nitrogens with one attached hydrogen (secondary N) is 1. The van der Waals surface area contributed by atoms with Crippen molar-refractivity contribution in [3.63, 3.8) is 0 Å². The fourth-order valence-corrected chi connectivity index (χ4v) is 3.93. The number of hydrogen-bond donors (Lipinski definition) is 1. The van der Waals surface area contributed by atoms with E-state index in [1.54, 1.807) is 6.07 Å². The Bertz CT molecular complexity index is 684. The fraction of sp³-hybridized carbons (Fsp3) is 0.562. The lowest BCUT2D eigenvalue weighted by Crippen LogP contribution is -2.36. The van der Waals surface area contributed by atoms with Crippen LogP contribution in [0.1, 0.15) is 42.5 Å². The summed E-state index contributed by atoms with van der Waals surface area (Å²) in [7, 11) is -0.00196. The van der Waals surface area contributed by atoms with Gasteiger partial charge in [-0.2, -0.15) is 0 Å². The van der Waals surface area contributed by atoms with Gasteiger partial charge in [0.15, 0.2) is 0 Å². The molecule has 0 spiro atoms. The van der Waals surface area contributed by atoms with Gasteiger partial charge in [0.25, 0.3) is 15.9 Å². The van der Waals surface area contributed by atoms with Crippen LogP contribution in [0.15, 0.2) is 23.1 Å². The van der Waals surface area contributed by atoms with Crippen LogP contribution in [-0.4, -0.2) is 46.1 Å². The molecule has 0 atom stereocenters. The molecule has 0 unspecified atom stereocenters. The van der Waals surface area contributed by atoms with Crippen LogP contribution in [0.3, 0.4) is 0 Å². The Morgan fingerprint density at radius 3 is 2.46 bits per heavy atom. The molecule has 1 fully saturated rings. The highest BCUT2D eigenvalue weighted by Crippen LogP contribution is 2.27. The van der Waals surface area contributed by atoms with Gasteiger partial charge < -0.3 is 10.1 Å². The normalized spacial score (nSPS) is 16.2. The minimum absolute atomic E-state index is 0.106. The van der Waals surface area contributed by atoms with Crippen molar-refractivity contribution in [1.29, 1.82) is 0 Å². The zero-order chi connectivity index (χ0) is 17.7. The van der Waals surface area contributed by atoms with Gasteiger partial charge in [-0.1, -0.05) is 23.7 Å². The Morgan fingerprint density at radius 1 is 1.21 bits per heavy atom. The minimum Gasteiger partial charge on any atom is -0.495 e. The molecule has 2 rings (SSSR count). The number of ether oxygens (including phenoxy) is 1. The summed E-state index contributed by atoms with van der Waals surface area (Å²) in [6, 6.07) is 4.51. The van der Waals surface area contributed by atoms with E-state index in [4.69, 9.17) is 9.57 Å². The van der Waals surface area contributed by atoms with E-state index in [1.807, 2.05) is 0 Å². The summed E-state index contributed by atoms with van der Waals surface area (Å²) in [5.41, 5.74) is 0.282. The van der Waals surface area contributed by atoms with Gasteiger partial charge >= 0.3 is 0 Å². The van der Waals surface area contributed by atoms with Gasteiger partial charge in [-0.15, -0.1) is 0 Å². The number of nitrogens with zero attached hydrogens (tertiary/aromatic N) is 1. The highest BCUT2D eigenvalue weighted by atomic mass is 32.2. The summed E-state index contributed by atoms with van der Waals surface area (Å²) < 4.78 is 30.8. The van der Waals surface area contributed by atoms with E-state index in [0.717, 1.165) is 30.2 Å². The summed E-state index contributed by atoms with van der Waals surface area (Å²) in [5, 5.41) is 2.98. The molecule has 0 radical (unpaired) electrons.